The first-order valence-corrected chi connectivity index (χ1v) is 40.1. The van der Waals surface area contributed by atoms with Gasteiger partial charge in [-0.15, -0.1) is 0 Å². The Morgan fingerprint density at radius 2 is 1.33 bits per heavy atom. The van der Waals surface area contributed by atoms with Crippen LogP contribution in [0.15, 0.2) is 150 Å². The maximum atomic E-state index is 14.6. The second kappa shape index (κ2) is 34.1. The molecule has 2 N–H and O–H groups in total. The Hall–Kier alpha value is -7.34. The third-order valence-electron chi connectivity index (χ3n) is 16.3. The Bertz CT molecular complexity index is 3590. The van der Waals surface area contributed by atoms with Crippen molar-refractivity contribution in [2.24, 2.45) is 0 Å². The van der Waals surface area contributed by atoms with Crippen LogP contribution in [0, 0.1) is 0 Å². The Morgan fingerprint density at radius 3 is 1.92 bits per heavy atom. The fraction of sp³-hybridized carbons (Fsp3) is 0.522. The molecule has 0 bridgehead atoms. The van der Waals surface area contributed by atoms with E-state index in [9.17, 15) is 33.6 Å². The fourth-order valence-corrected chi connectivity index (χ4v) is 17.5. The molecule has 100 heavy (non-hydrogen) atoms. The number of carbonyl (C=O) groups excluding carboxylic acids is 5. The van der Waals surface area contributed by atoms with E-state index >= 15 is 0 Å². The van der Waals surface area contributed by atoms with Crippen molar-refractivity contribution < 1.29 is 104 Å². The van der Waals surface area contributed by atoms with E-state index in [1.807, 2.05) is 36.4 Å². The van der Waals surface area contributed by atoms with Crippen molar-refractivity contribution in [3.05, 3.63) is 173 Å². The first-order valence-electron chi connectivity index (χ1n) is 32.5. The molecule has 1 aromatic heterocycles. The van der Waals surface area contributed by atoms with Gasteiger partial charge in [0.15, 0.2) is 14.1 Å². The summed E-state index contributed by atoms with van der Waals surface area (Å²) >= 11 is -0.929. The summed E-state index contributed by atoms with van der Waals surface area (Å²) < 4.78 is 110. The molecule has 4 aliphatic heterocycles. The molecule has 14 atom stereocenters. The first kappa shape index (κ1) is 78.4. The van der Waals surface area contributed by atoms with Crippen molar-refractivity contribution in [1.29, 1.82) is 0 Å². The Morgan fingerprint density at radius 1 is 0.740 bits per heavy atom. The number of fused-ring (bicyclic) bond motifs is 1. The molecule has 4 fully saturated rings. The van der Waals surface area contributed by atoms with Crippen LogP contribution in [0.2, 0.25) is 31.2 Å². The van der Waals surface area contributed by atoms with Gasteiger partial charge in [-0.1, -0.05) is 69.3 Å². The molecule has 4 aromatic rings. The molecule has 546 valence electrons. The molecule has 4 saturated heterocycles. The number of carbonyl (C=O) groups is 5. The summed E-state index contributed by atoms with van der Waals surface area (Å²) in [7, 11) is -6.75. The van der Waals surface area contributed by atoms with Crippen LogP contribution in [0.3, 0.4) is 0 Å². The Labute approximate surface area is 589 Å². The summed E-state index contributed by atoms with van der Waals surface area (Å²) in [4.78, 5) is 97.3. The standard InChI is InChI=1S/C69H92N4O24SeSi2/c1-17-36-82-65(79)90-55-56(91-66(80)83-37-18-2)58(72-35-34-48(75)73(63(72)77)64(78)94-67(5,6)7)89-57(55)61(98-46-32-26-21-27-33-46)97-100(15,16)96-51-42(3)87-59(49(71-62(76)84-39-45-30-24-20-25-31-45)53(51)85-41-81-38-44-28-22-19-23-29-44)92-60-50(70-43(4)74)54(95-99(13,14)68(8,9)10)52-47(88-60)40-86-69(11,12)93-52/h17-35,47,49-61H,1-3,36-41H2,4-16H3,(H,70,74)(H,71,76)/t47-,49-,50-,51+,52-,53-,54-,55+,56-,57+,58-,59+,60-,61?/m1/s1. The minimum absolute atomic E-state index is 0.0238. The van der Waals surface area contributed by atoms with Crippen LogP contribution in [0.4, 0.5) is 19.2 Å². The van der Waals surface area contributed by atoms with Crippen molar-refractivity contribution in [2.45, 2.75) is 203 Å². The summed E-state index contributed by atoms with van der Waals surface area (Å²) in [6.07, 6.45) is -16.8. The van der Waals surface area contributed by atoms with Crippen molar-refractivity contribution >= 4 is 66.7 Å². The number of rotatable bonds is 27. The molecular weight excluding hydrogens is 1400 g/mol. The summed E-state index contributed by atoms with van der Waals surface area (Å²) in [5, 5.41) is 4.35. The zero-order valence-corrected chi connectivity index (χ0v) is 62.2. The average Bonchev–Trinajstić information content (AvgIpc) is 1.15. The van der Waals surface area contributed by atoms with E-state index in [0.717, 1.165) is 22.4 Å². The van der Waals surface area contributed by atoms with E-state index in [1.54, 1.807) is 81.5 Å². The molecule has 28 nitrogen and oxygen atoms in total. The first-order chi connectivity index (χ1) is 47.2. The van der Waals surface area contributed by atoms with E-state index in [0.29, 0.717) is 10.0 Å². The van der Waals surface area contributed by atoms with Gasteiger partial charge in [0.25, 0.3) is 0 Å². The van der Waals surface area contributed by atoms with E-state index < -0.39 is 176 Å². The topological polar surface area (TPSA) is 310 Å². The van der Waals surface area contributed by atoms with Crippen LogP contribution >= 0.6 is 0 Å². The quantitative estimate of drug-likeness (QED) is 0.0142. The zero-order valence-electron chi connectivity index (χ0n) is 58.5. The van der Waals surface area contributed by atoms with E-state index in [-0.39, 0.29) is 48.4 Å². The molecule has 0 aliphatic carbocycles. The van der Waals surface area contributed by atoms with Gasteiger partial charge >= 0.3 is 433 Å². The van der Waals surface area contributed by atoms with Crippen LogP contribution in [0.5, 0.6) is 0 Å². The van der Waals surface area contributed by atoms with Crippen molar-refractivity contribution in [2.75, 3.05) is 26.6 Å². The van der Waals surface area contributed by atoms with Gasteiger partial charge in [-0.25, -0.2) is 0 Å². The molecule has 31 heteroatoms. The number of ether oxygens (including phenoxy) is 14. The Balaban J connectivity index is 1.23. The molecule has 1 unspecified atom stereocenters. The van der Waals surface area contributed by atoms with Gasteiger partial charge in [-0.05, 0) is 32.0 Å². The molecule has 0 radical (unpaired) electrons. The van der Waals surface area contributed by atoms with Gasteiger partial charge in [0.2, 0.25) is 5.91 Å². The van der Waals surface area contributed by atoms with Crippen LogP contribution in [0.25, 0.3) is 0 Å². The number of hydrogen-bond acceptors (Lipinski definition) is 24. The number of nitrogens with one attached hydrogen (secondary N) is 2. The van der Waals surface area contributed by atoms with Gasteiger partial charge in [-0.2, -0.15) is 0 Å². The van der Waals surface area contributed by atoms with Crippen molar-refractivity contribution in [3.63, 3.8) is 0 Å². The molecule has 5 heterocycles. The predicted octanol–water partition coefficient (Wildman–Crippen LogP) is 8.08. The molecule has 2 amide bonds. The van der Waals surface area contributed by atoms with Gasteiger partial charge in [0, 0.05) is 6.92 Å². The number of alkyl carbamates (subject to hydrolysis) is 1. The monoisotopic (exact) mass is 1500 g/mol. The van der Waals surface area contributed by atoms with Crippen LogP contribution in [-0.2, 0) is 97.6 Å². The minimum atomic E-state index is -4.02. The maximum absolute atomic E-state index is 14.6. The molecule has 0 spiro atoms. The van der Waals surface area contributed by atoms with E-state index in [1.165, 1.54) is 39.8 Å². The fourth-order valence-electron chi connectivity index (χ4n) is 10.8. The molecule has 4 aliphatic rings. The third-order valence-corrected chi connectivity index (χ3v) is 25.2. The number of aromatic nitrogens is 2. The van der Waals surface area contributed by atoms with Crippen molar-refractivity contribution in [3.8, 4) is 0 Å². The van der Waals surface area contributed by atoms with Gasteiger partial charge in [0.1, 0.15) is 6.10 Å². The number of nitrogens with zero attached hydrogens (tertiary/aromatic N) is 2. The summed E-state index contributed by atoms with van der Waals surface area (Å²) in [6.45, 7) is 33.6. The molecule has 0 saturated carbocycles. The SMILES string of the molecule is C=CCOC(=O)O[C@@H]1[C@H](OC(=O)OCC=C)[C@@H](C(O[Si](C)(C)O[C@H]2C(=C)O[C@@H](O[C@H]3O[C@@H]4COC(C)(C)O[C@H]4[C@H](O[Si](C)(C)C(C)(C)C)[C@H]3NC(C)=O)[C@H](NC(=O)OCc3ccccc3)[C@H]2OCOCc2ccccc2)[Se]c2ccccc2)O[C@H]1n1ccc(=O)n(C(=O)OC(C)(C)C)c1=O. The average molecular weight is 1500 g/mol. The normalized spacial score (nSPS) is 25.5. The van der Waals surface area contributed by atoms with Crippen LogP contribution in [0.1, 0.15) is 79.7 Å². The summed E-state index contributed by atoms with van der Waals surface area (Å²) in [6, 6.07) is 25.6. The van der Waals surface area contributed by atoms with Gasteiger partial charge < -0.3 is 13.9 Å². The van der Waals surface area contributed by atoms with E-state index in [2.05, 4.69) is 64.2 Å². The molecule has 3 aromatic carbocycles. The predicted molar refractivity (Wildman–Crippen MR) is 365 cm³/mol. The van der Waals surface area contributed by atoms with Gasteiger partial charge in [0.05, 0.1) is 6.61 Å². The Kier molecular flexibility index (Phi) is 26.7. The van der Waals surface area contributed by atoms with E-state index in [4.69, 9.17) is 79.6 Å². The van der Waals surface area contributed by atoms with Gasteiger partial charge in [-0.3, -0.25) is 4.79 Å². The number of benzene rings is 3. The van der Waals surface area contributed by atoms with Crippen LogP contribution < -0.4 is 26.3 Å². The second-order valence-corrected chi connectivity index (χ2v) is 37.7. The number of hydrogen-bond donors (Lipinski definition) is 2. The third kappa shape index (κ3) is 21.1. The number of amides is 2. The summed E-state index contributed by atoms with van der Waals surface area (Å²) in [5.74, 6) is -1.66. The van der Waals surface area contributed by atoms with Crippen molar-refractivity contribution in [1.82, 2.24) is 19.8 Å². The zero-order chi connectivity index (χ0) is 72.9. The molecule has 8 rings (SSSR count). The van der Waals surface area contributed by atoms with Crippen LogP contribution in [-0.4, -0.2) is 188 Å². The second-order valence-electron chi connectivity index (χ2n) is 27.2. The molecular formula is C69H92N4O24SeSi2. The summed E-state index contributed by atoms with van der Waals surface area (Å²) in [5.41, 5.74) is -2.09.